The molecular formula is C30H29N3O4S. The smallest absolute Gasteiger partial charge is 0.301 e. The lowest BCUT2D eigenvalue weighted by Crippen LogP contribution is -2.29. The van der Waals surface area contributed by atoms with E-state index in [0.717, 1.165) is 27.8 Å². The number of anilines is 1. The Hall–Kier alpha value is -4.04. The molecule has 1 atom stereocenters. The molecule has 1 saturated heterocycles. The highest BCUT2D eigenvalue weighted by Gasteiger charge is 2.48. The van der Waals surface area contributed by atoms with Crippen molar-refractivity contribution in [3.63, 3.8) is 0 Å². The van der Waals surface area contributed by atoms with Crippen molar-refractivity contribution in [2.75, 3.05) is 11.5 Å². The van der Waals surface area contributed by atoms with Crippen molar-refractivity contribution >= 4 is 44.1 Å². The highest BCUT2D eigenvalue weighted by atomic mass is 32.1. The van der Waals surface area contributed by atoms with Crippen LogP contribution in [-0.2, 0) is 9.59 Å². The number of pyridine rings is 1. The number of benzene rings is 2. The molecule has 2 aromatic heterocycles. The van der Waals surface area contributed by atoms with Crippen LogP contribution >= 0.6 is 11.3 Å². The Kier molecular flexibility index (Phi) is 6.99. The molecule has 1 amide bonds. The average molecular weight is 528 g/mol. The fourth-order valence-corrected chi connectivity index (χ4v) is 5.83. The SMILES string of the molecule is Cc1cc(C)c2nc(N3C(=O)C(=O)C(=C(O)c4ccncc4)[C@@H]3c3cccc(OCCC(C)C)c3)sc2c1. The number of Topliss-reactive ketones (excluding diaryl/α,β-unsaturated/α-hetero) is 1. The van der Waals surface area contributed by atoms with Crippen molar-refractivity contribution in [1.82, 2.24) is 9.97 Å². The number of aryl methyl sites for hydroxylation is 2. The molecular weight excluding hydrogens is 498 g/mol. The molecule has 0 aliphatic carbocycles. The van der Waals surface area contributed by atoms with Crippen LogP contribution in [0.4, 0.5) is 5.13 Å². The molecule has 0 bridgehead atoms. The molecule has 7 nitrogen and oxygen atoms in total. The first-order valence-electron chi connectivity index (χ1n) is 12.6. The summed E-state index contributed by atoms with van der Waals surface area (Å²) in [6, 6.07) is 13.7. The molecule has 1 N–H and O–H groups in total. The fourth-order valence-electron chi connectivity index (χ4n) is 4.66. The number of hydrogen-bond donors (Lipinski definition) is 1. The lowest BCUT2D eigenvalue weighted by atomic mass is 9.95. The van der Waals surface area contributed by atoms with Gasteiger partial charge in [0, 0.05) is 18.0 Å². The van der Waals surface area contributed by atoms with Gasteiger partial charge in [0.1, 0.15) is 11.5 Å². The average Bonchev–Trinajstić information content (AvgIpc) is 3.42. The number of ketones is 1. The maximum atomic E-state index is 13.6. The normalized spacial score (nSPS) is 17.1. The third kappa shape index (κ3) is 4.79. The van der Waals surface area contributed by atoms with Gasteiger partial charge in [-0.25, -0.2) is 4.98 Å². The predicted octanol–water partition coefficient (Wildman–Crippen LogP) is 6.36. The van der Waals surface area contributed by atoms with Crippen LogP contribution in [-0.4, -0.2) is 33.4 Å². The molecule has 0 spiro atoms. The van der Waals surface area contributed by atoms with Gasteiger partial charge in [-0.1, -0.05) is 43.4 Å². The second-order valence-electron chi connectivity index (χ2n) is 9.93. The van der Waals surface area contributed by atoms with Gasteiger partial charge in [0.15, 0.2) is 5.13 Å². The van der Waals surface area contributed by atoms with Crippen molar-refractivity contribution in [3.05, 3.63) is 88.8 Å². The van der Waals surface area contributed by atoms with Crippen LogP contribution < -0.4 is 9.64 Å². The van der Waals surface area contributed by atoms with Gasteiger partial charge in [-0.3, -0.25) is 19.5 Å². The van der Waals surface area contributed by atoms with Gasteiger partial charge in [-0.2, -0.15) is 0 Å². The van der Waals surface area contributed by atoms with E-state index in [2.05, 4.69) is 18.8 Å². The highest BCUT2D eigenvalue weighted by Crippen LogP contribution is 2.45. The molecule has 4 aromatic rings. The van der Waals surface area contributed by atoms with Gasteiger partial charge in [-0.05, 0) is 73.2 Å². The summed E-state index contributed by atoms with van der Waals surface area (Å²) in [5.74, 6) is -0.615. The van der Waals surface area contributed by atoms with Crippen LogP contribution in [0.15, 0.2) is 66.5 Å². The van der Waals surface area contributed by atoms with Crippen LogP contribution in [0.25, 0.3) is 16.0 Å². The lowest BCUT2D eigenvalue weighted by Gasteiger charge is -2.23. The van der Waals surface area contributed by atoms with Crippen molar-refractivity contribution < 1.29 is 19.4 Å². The highest BCUT2D eigenvalue weighted by molar-refractivity contribution is 7.22. The molecule has 1 aliphatic rings. The van der Waals surface area contributed by atoms with Crippen molar-refractivity contribution in [2.24, 2.45) is 5.92 Å². The molecule has 3 heterocycles. The van der Waals surface area contributed by atoms with Gasteiger partial charge in [0.2, 0.25) is 0 Å². The zero-order valence-corrected chi connectivity index (χ0v) is 22.6. The first-order valence-corrected chi connectivity index (χ1v) is 13.4. The van der Waals surface area contributed by atoms with Gasteiger partial charge in [-0.15, -0.1) is 0 Å². The topological polar surface area (TPSA) is 92.6 Å². The van der Waals surface area contributed by atoms with E-state index in [-0.39, 0.29) is 11.3 Å². The number of ether oxygens (including phenoxy) is 1. The van der Waals surface area contributed by atoms with Crippen LogP contribution in [0.3, 0.4) is 0 Å². The first kappa shape index (κ1) is 25.6. The summed E-state index contributed by atoms with van der Waals surface area (Å²) >= 11 is 1.35. The molecule has 38 heavy (non-hydrogen) atoms. The molecule has 1 fully saturated rings. The van der Waals surface area contributed by atoms with E-state index in [9.17, 15) is 14.7 Å². The molecule has 1 aliphatic heterocycles. The third-order valence-corrected chi connectivity index (χ3v) is 7.56. The van der Waals surface area contributed by atoms with E-state index < -0.39 is 17.7 Å². The number of carbonyl (C=O) groups is 2. The number of aliphatic hydroxyl groups excluding tert-OH is 1. The lowest BCUT2D eigenvalue weighted by molar-refractivity contribution is -0.132. The van der Waals surface area contributed by atoms with Gasteiger partial charge in [0.25, 0.3) is 5.78 Å². The largest absolute Gasteiger partial charge is 0.507 e. The number of aromatic nitrogens is 2. The molecule has 5 rings (SSSR count). The molecule has 8 heteroatoms. The number of nitrogens with zero attached hydrogens (tertiary/aromatic N) is 3. The Morgan fingerprint density at radius 1 is 1.11 bits per heavy atom. The molecule has 0 radical (unpaired) electrons. The summed E-state index contributed by atoms with van der Waals surface area (Å²) in [4.78, 5) is 37.2. The number of hydrogen-bond acceptors (Lipinski definition) is 7. The van der Waals surface area contributed by atoms with Crippen LogP contribution in [0, 0.1) is 19.8 Å². The zero-order chi connectivity index (χ0) is 27.0. The number of amides is 1. The van der Waals surface area contributed by atoms with Crippen LogP contribution in [0.2, 0.25) is 0 Å². The fraction of sp³-hybridized carbons (Fsp3) is 0.267. The van der Waals surface area contributed by atoms with Crippen molar-refractivity contribution in [2.45, 2.75) is 40.2 Å². The van der Waals surface area contributed by atoms with Crippen molar-refractivity contribution in [3.8, 4) is 5.75 Å². The van der Waals surface area contributed by atoms with E-state index in [1.54, 1.807) is 12.1 Å². The van der Waals surface area contributed by atoms with Gasteiger partial charge >= 0.3 is 5.91 Å². The summed E-state index contributed by atoms with van der Waals surface area (Å²) in [7, 11) is 0. The monoisotopic (exact) mass is 527 g/mol. The molecule has 0 saturated carbocycles. The molecule has 0 unspecified atom stereocenters. The number of thiazole rings is 1. The minimum atomic E-state index is -0.876. The number of aliphatic hydroxyl groups is 1. The van der Waals surface area contributed by atoms with E-state index in [0.29, 0.717) is 34.5 Å². The van der Waals surface area contributed by atoms with E-state index in [4.69, 9.17) is 9.72 Å². The molecule has 2 aromatic carbocycles. The Bertz CT molecular complexity index is 1560. The quantitative estimate of drug-likeness (QED) is 0.171. The summed E-state index contributed by atoms with van der Waals surface area (Å²) < 4.78 is 6.91. The maximum absolute atomic E-state index is 13.6. The minimum Gasteiger partial charge on any atom is -0.507 e. The number of fused-ring (bicyclic) bond motifs is 1. The Labute approximate surface area is 225 Å². The Balaban J connectivity index is 1.67. The summed E-state index contributed by atoms with van der Waals surface area (Å²) in [6.45, 7) is 8.80. The summed E-state index contributed by atoms with van der Waals surface area (Å²) in [5, 5.41) is 11.7. The second kappa shape index (κ2) is 10.4. The minimum absolute atomic E-state index is 0.00712. The van der Waals surface area contributed by atoms with Crippen molar-refractivity contribution in [1.29, 1.82) is 0 Å². The second-order valence-corrected chi connectivity index (χ2v) is 10.9. The van der Waals surface area contributed by atoms with Crippen LogP contribution in [0.5, 0.6) is 5.75 Å². The maximum Gasteiger partial charge on any atom is 0.301 e. The van der Waals surface area contributed by atoms with Gasteiger partial charge < -0.3 is 9.84 Å². The summed E-state index contributed by atoms with van der Waals surface area (Å²) in [5.41, 5.74) is 3.93. The third-order valence-electron chi connectivity index (χ3n) is 6.56. The Morgan fingerprint density at radius 2 is 1.87 bits per heavy atom. The van der Waals surface area contributed by atoms with Crippen LogP contribution in [0.1, 0.15) is 48.6 Å². The zero-order valence-electron chi connectivity index (χ0n) is 21.8. The van der Waals surface area contributed by atoms with Gasteiger partial charge in [0.05, 0.1) is 28.4 Å². The predicted molar refractivity (Wildman–Crippen MR) is 150 cm³/mol. The molecule has 194 valence electrons. The van der Waals surface area contributed by atoms with E-state index in [1.807, 2.05) is 50.2 Å². The van der Waals surface area contributed by atoms with E-state index in [1.165, 1.54) is 28.6 Å². The number of carbonyl (C=O) groups excluding carboxylic acids is 2. The Morgan fingerprint density at radius 3 is 2.61 bits per heavy atom. The van der Waals surface area contributed by atoms with E-state index >= 15 is 0 Å². The summed E-state index contributed by atoms with van der Waals surface area (Å²) in [6.07, 6.45) is 3.96. The first-order chi connectivity index (χ1) is 18.2. The number of rotatable bonds is 7. The standard InChI is InChI=1S/C30H29N3O4S/c1-17(2)10-13-37-22-7-5-6-21(16-22)26-24(27(34)20-8-11-31-12-9-20)28(35)29(36)33(26)30-32-25-19(4)14-18(3)15-23(25)38-30/h5-9,11-12,14-17,26,34H,10,13H2,1-4H3/t26-/m0/s1.